The first-order valence-electron chi connectivity index (χ1n) is 9.23. The van der Waals surface area contributed by atoms with Gasteiger partial charge in [0.1, 0.15) is 5.82 Å². The second-order valence-corrected chi connectivity index (χ2v) is 6.81. The highest BCUT2D eigenvalue weighted by molar-refractivity contribution is 5.99. The van der Waals surface area contributed by atoms with E-state index in [0.29, 0.717) is 23.8 Å². The fourth-order valence-corrected chi connectivity index (χ4v) is 3.54. The molecule has 0 bridgehead atoms. The Morgan fingerprint density at radius 2 is 2.00 bits per heavy atom. The van der Waals surface area contributed by atoms with Crippen LogP contribution >= 0.6 is 0 Å². The molecule has 7 heteroatoms. The maximum absolute atomic E-state index is 13.2. The Kier molecular flexibility index (Phi) is 5.14. The molecule has 0 aromatic heterocycles. The molecular formula is C21H21FN2O4. The Balaban J connectivity index is 1.37. The van der Waals surface area contributed by atoms with Crippen molar-refractivity contribution in [3.63, 3.8) is 0 Å². The average Bonchev–Trinajstić information content (AvgIpc) is 3.37. The zero-order valence-electron chi connectivity index (χ0n) is 15.6. The lowest BCUT2D eigenvalue weighted by Crippen LogP contribution is -2.33. The number of oxime groups is 1. The third-order valence-electron chi connectivity index (χ3n) is 5.01. The molecule has 0 N–H and O–H groups in total. The van der Waals surface area contributed by atoms with E-state index in [0.717, 1.165) is 24.0 Å². The summed E-state index contributed by atoms with van der Waals surface area (Å²) in [7, 11) is 0. The largest absolute Gasteiger partial charge is 0.454 e. The summed E-state index contributed by atoms with van der Waals surface area (Å²) in [6.07, 6.45) is 1.77. The van der Waals surface area contributed by atoms with Crippen LogP contribution in [0.15, 0.2) is 47.6 Å². The van der Waals surface area contributed by atoms with Crippen molar-refractivity contribution < 1.29 is 23.5 Å². The van der Waals surface area contributed by atoms with Gasteiger partial charge < -0.3 is 19.2 Å². The van der Waals surface area contributed by atoms with Gasteiger partial charge in [-0.25, -0.2) is 4.39 Å². The van der Waals surface area contributed by atoms with Crippen molar-refractivity contribution in [2.45, 2.75) is 25.8 Å². The van der Waals surface area contributed by atoms with Crippen LogP contribution < -0.4 is 9.47 Å². The summed E-state index contributed by atoms with van der Waals surface area (Å²) in [5.74, 6) is 0.959. The zero-order valence-corrected chi connectivity index (χ0v) is 15.6. The van der Waals surface area contributed by atoms with Crippen LogP contribution in [-0.2, 0) is 9.63 Å². The number of carbonyl (C=O) groups is 1. The van der Waals surface area contributed by atoms with E-state index in [9.17, 15) is 9.18 Å². The summed E-state index contributed by atoms with van der Waals surface area (Å²) in [5.41, 5.74) is 2.41. The topological polar surface area (TPSA) is 60.4 Å². The molecule has 28 heavy (non-hydrogen) atoms. The van der Waals surface area contributed by atoms with Crippen molar-refractivity contribution in [3.05, 3.63) is 59.4 Å². The van der Waals surface area contributed by atoms with Gasteiger partial charge in [0.15, 0.2) is 18.1 Å². The van der Waals surface area contributed by atoms with E-state index in [1.54, 1.807) is 24.0 Å². The first-order valence-corrected chi connectivity index (χ1v) is 9.23. The second kappa shape index (κ2) is 7.88. The van der Waals surface area contributed by atoms with Gasteiger partial charge in [-0.2, -0.15) is 0 Å². The molecule has 2 aromatic carbocycles. The van der Waals surface area contributed by atoms with E-state index in [2.05, 4.69) is 5.16 Å². The van der Waals surface area contributed by atoms with Crippen LogP contribution in [0.2, 0.25) is 0 Å². The molecule has 2 aliphatic rings. The fraction of sp³-hybridized carbons (Fsp3) is 0.333. The third kappa shape index (κ3) is 3.78. The van der Waals surface area contributed by atoms with E-state index < -0.39 is 0 Å². The number of hydrogen-bond donors (Lipinski definition) is 0. The van der Waals surface area contributed by atoms with E-state index in [-0.39, 0.29) is 31.2 Å². The first kappa shape index (κ1) is 18.3. The number of likely N-dealkylation sites (tertiary alicyclic amines) is 1. The monoisotopic (exact) mass is 384 g/mol. The van der Waals surface area contributed by atoms with E-state index >= 15 is 0 Å². The van der Waals surface area contributed by atoms with Gasteiger partial charge in [-0.05, 0) is 55.7 Å². The highest BCUT2D eigenvalue weighted by Crippen LogP contribution is 2.33. The number of halogens is 1. The van der Waals surface area contributed by atoms with Gasteiger partial charge in [0.25, 0.3) is 5.91 Å². The number of hydrogen-bond acceptors (Lipinski definition) is 5. The SMILES string of the molecule is C/C(=N\OCC(=O)N1CCCC1c1ccc(F)cc1)c1ccc2c(c1)OCO2. The molecule has 0 aliphatic carbocycles. The summed E-state index contributed by atoms with van der Waals surface area (Å²) in [6.45, 7) is 2.54. The predicted octanol–water partition coefficient (Wildman–Crippen LogP) is 3.66. The molecule has 1 fully saturated rings. The summed E-state index contributed by atoms with van der Waals surface area (Å²) >= 11 is 0. The molecule has 1 saturated heterocycles. The number of benzene rings is 2. The maximum atomic E-state index is 13.2. The van der Waals surface area contributed by atoms with Gasteiger partial charge >= 0.3 is 0 Å². The van der Waals surface area contributed by atoms with Gasteiger partial charge in [0.05, 0.1) is 11.8 Å². The van der Waals surface area contributed by atoms with Crippen molar-refractivity contribution in [2.75, 3.05) is 19.9 Å². The Morgan fingerprint density at radius 1 is 1.21 bits per heavy atom. The standard InChI is InChI=1S/C21H21FN2O4/c1-14(16-6-9-19-20(11-16)27-13-26-19)23-28-12-21(25)24-10-2-3-18(24)15-4-7-17(22)8-5-15/h4-9,11,18H,2-3,10,12-13H2,1H3/b23-14+. The second-order valence-electron chi connectivity index (χ2n) is 6.81. The van der Waals surface area contributed by atoms with Crippen molar-refractivity contribution in [1.82, 2.24) is 4.90 Å². The molecule has 1 amide bonds. The third-order valence-corrected chi connectivity index (χ3v) is 5.01. The normalized spacial score (nSPS) is 18.4. The smallest absolute Gasteiger partial charge is 0.263 e. The highest BCUT2D eigenvalue weighted by atomic mass is 19.1. The van der Waals surface area contributed by atoms with Crippen LogP contribution in [0.25, 0.3) is 0 Å². The summed E-state index contributed by atoms with van der Waals surface area (Å²) in [4.78, 5) is 19.7. The van der Waals surface area contributed by atoms with Crippen LogP contribution in [0.5, 0.6) is 11.5 Å². The fourth-order valence-electron chi connectivity index (χ4n) is 3.54. The lowest BCUT2D eigenvalue weighted by atomic mass is 10.0. The number of nitrogens with zero attached hydrogens (tertiary/aromatic N) is 2. The summed E-state index contributed by atoms with van der Waals surface area (Å²) in [6, 6.07) is 11.8. The van der Waals surface area contributed by atoms with Crippen molar-refractivity contribution in [2.24, 2.45) is 5.16 Å². The van der Waals surface area contributed by atoms with Crippen LogP contribution in [0.1, 0.15) is 36.9 Å². The van der Waals surface area contributed by atoms with Crippen molar-refractivity contribution >= 4 is 11.6 Å². The van der Waals surface area contributed by atoms with Gasteiger partial charge in [-0.1, -0.05) is 17.3 Å². The predicted molar refractivity (Wildman–Crippen MR) is 101 cm³/mol. The Hall–Kier alpha value is -3.09. The number of fused-ring (bicyclic) bond motifs is 1. The summed E-state index contributed by atoms with van der Waals surface area (Å²) in [5, 5.41) is 4.06. The van der Waals surface area contributed by atoms with Gasteiger partial charge in [0, 0.05) is 12.1 Å². The Morgan fingerprint density at radius 3 is 2.82 bits per heavy atom. The number of carbonyl (C=O) groups excluding carboxylic acids is 1. The van der Waals surface area contributed by atoms with Crippen molar-refractivity contribution in [3.8, 4) is 11.5 Å². The lowest BCUT2D eigenvalue weighted by Gasteiger charge is -2.24. The maximum Gasteiger partial charge on any atom is 0.263 e. The molecule has 6 nitrogen and oxygen atoms in total. The molecule has 146 valence electrons. The van der Waals surface area contributed by atoms with Crippen LogP contribution in [0.4, 0.5) is 4.39 Å². The molecule has 1 atom stereocenters. The Labute approximate surface area is 162 Å². The summed E-state index contributed by atoms with van der Waals surface area (Å²) < 4.78 is 23.8. The molecule has 0 spiro atoms. The minimum atomic E-state index is -0.281. The van der Waals surface area contributed by atoms with Gasteiger partial charge in [0.2, 0.25) is 6.79 Å². The number of amides is 1. The molecule has 2 heterocycles. The highest BCUT2D eigenvalue weighted by Gasteiger charge is 2.30. The zero-order chi connectivity index (χ0) is 19.5. The van der Waals surface area contributed by atoms with Crippen LogP contribution in [0.3, 0.4) is 0 Å². The molecule has 4 rings (SSSR count). The number of rotatable bonds is 5. The van der Waals surface area contributed by atoms with E-state index in [1.807, 2.05) is 18.2 Å². The number of ether oxygens (including phenoxy) is 2. The quantitative estimate of drug-likeness (QED) is 0.583. The molecule has 2 aromatic rings. The molecule has 0 radical (unpaired) electrons. The molecule has 2 aliphatic heterocycles. The minimum absolute atomic E-state index is 0.0457. The van der Waals surface area contributed by atoms with Crippen LogP contribution in [0, 0.1) is 5.82 Å². The van der Waals surface area contributed by atoms with Crippen LogP contribution in [-0.4, -0.2) is 36.5 Å². The lowest BCUT2D eigenvalue weighted by molar-refractivity contribution is -0.137. The van der Waals surface area contributed by atoms with Crippen molar-refractivity contribution in [1.29, 1.82) is 0 Å². The molecule has 0 saturated carbocycles. The molecule has 1 unspecified atom stereocenters. The average molecular weight is 384 g/mol. The van der Waals surface area contributed by atoms with E-state index in [4.69, 9.17) is 14.3 Å². The first-order chi connectivity index (χ1) is 13.6. The molecular weight excluding hydrogens is 363 g/mol. The van der Waals surface area contributed by atoms with Gasteiger partial charge in [-0.3, -0.25) is 4.79 Å². The minimum Gasteiger partial charge on any atom is -0.454 e. The Bertz CT molecular complexity index is 898. The van der Waals surface area contributed by atoms with Gasteiger partial charge in [-0.15, -0.1) is 0 Å². The van der Waals surface area contributed by atoms with E-state index in [1.165, 1.54) is 12.1 Å².